The number of nitriles is 1. The molecule has 1 rings (SSSR count). The van der Waals surface area contributed by atoms with Gasteiger partial charge < -0.3 is 5.11 Å². The van der Waals surface area contributed by atoms with Crippen LogP contribution in [0.4, 0.5) is 4.39 Å². The van der Waals surface area contributed by atoms with Gasteiger partial charge in [-0.15, -0.1) is 0 Å². The van der Waals surface area contributed by atoms with Crippen LogP contribution >= 0.6 is 0 Å². The zero-order valence-corrected chi connectivity index (χ0v) is 8.05. The highest BCUT2D eigenvalue weighted by Gasteiger charge is 2.43. The molecule has 1 heterocycles. The Balaban J connectivity index is 2.66. The van der Waals surface area contributed by atoms with E-state index in [0.29, 0.717) is 13.0 Å². The third-order valence-electron chi connectivity index (χ3n) is 2.65. The van der Waals surface area contributed by atoms with Crippen LogP contribution in [0.15, 0.2) is 0 Å². The molecule has 0 bridgehead atoms. The molecule has 0 aromatic heterocycles. The number of aliphatic hydroxyl groups is 1. The van der Waals surface area contributed by atoms with Gasteiger partial charge in [0.2, 0.25) is 0 Å². The molecular formula is C9H15FN2O. The second-order valence-electron chi connectivity index (χ2n) is 4.15. The predicted octanol–water partition coefficient (Wildman–Crippen LogP) is 0.695. The summed E-state index contributed by atoms with van der Waals surface area (Å²) >= 11 is 0. The zero-order chi connectivity index (χ0) is 10.1. The van der Waals surface area contributed by atoms with Gasteiger partial charge in [0.1, 0.15) is 11.2 Å². The molecule has 1 fully saturated rings. The van der Waals surface area contributed by atoms with Gasteiger partial charge in [0, 0.05) is 13.1 Å². The van der Waals surface area contributed by atoms with Crippen LogP contribution in [0.1, 0.15) is 20.3 Å². The van der Waals surface area contributed by atoms with E-state index in [4.69, 9.17) is 10.4 Å². The molecule has 1 aliphatic rings. The van der Waals surface area contributed by atoms with Crippen molar-refractivity contribution in [1.82, 2.24) is 4.90 Å². The first-order valence-corrected chi connectivity index (χ1v) is 4.40. The van der Waals surface area contributed by atoms with Crippen molar-refractivity contribution in [3.05, 3.63) is 0 Å². The lowest BCUT2D eigenvalue weighted by Crippen LogP contribution is -2.43. The summed E-state index contributed by atoms with van der Waals surface area (Å²) in [4.78, 5) is 1.77. The summed E-state index contributed by atoms with van der Waals surface area (Å²) in [7, 11) is 0. The first-order valence-electron chi connectivity index (χ1n) is 4.40. The summed E-state index contributed by atoms with van der Waals surface area (Å²) in [5, 5.41) is 17.6. The number of aliphatic hydroxyl groups excluding tert-OH is 1. The highest BCUT2D eigenvalue weighted by Crippen LogP contribution is 2.29. The van der Waals surface area contributed by atoms with Gasteiger partial charge in [-0.25, -0.2) is 4.39 Å². The Labute approximate surface area is 77.8 Å². The van der Waals surface area contributed by atoms with Crippen molar-refractivity contribution in [3.63, 3.8) is 0 Å². The first kappa shape index (κ1) is 10.4. The van der Waals surface area contributed by atoms with E-state index in [0.717, 1.165) is 0 Å². The Morgan fingerprint density at radius 2 is 2.31 bits per heavy atom. The minimum absolute atomic E-state index is 0.157. The molecule has 4 heteroatoms. The zero-order valence-electron chi connectivity index (χ0n) is 8.05. The molecule has 3 nitrogen and oxygen atoms in total. The SMILES string of the molecule is CC(C)(C#N)N1CCC(F)(CO)C1. The molecule has 1 N–H and O–H groups in total. The van der Waals surface area contributed by atoms with Crippen LogP contribution in [0, 0.1) is 11.3 Å². The van der Waals surface area contributed by atoms with Crippen molar-refractivity contribution < 1.29 is 9.50 Å². The van der Waals surface area contributed by atoms with E-state index in [2.05, 4.69) is 6.07 Å². The number of hydrogen-bond donors (Lipinski definition) is 1. The van der Waals surface area contributed by atoms with Crippen molar-refractivity contribution in [1.29, 1.82) is 5.26 Å². The molecule has 1 atom stereocenters. The Kier molecular flexibility index (Phi) is 2.60. The lowest BCUT2D eigenvalue weighted by molar-refractivity contribution is 0.0677. The lowest BCUT2D eigenvalue weighted by Gasteiger charge is -2.29. The van der Waals surface area contributed by atoms with Crippen molar-refractivity contribution >= 4 is 0 Å². The molecule has 1 aliphatic heterocycles. The van der Waals surface area contributed by atoms with E-state index in [9.17, 15) is 4.39 Å². The van der Waals surface area contributed by atoms with Crippen LogP contribution in [0.5, 0.6) is 0 Å². The molecule has 74 valence electrons. The summed E-state index contributed by atoms with van der Waals surface area (Å²) in [6.45, 7) is 3.76. The Morgan fingerprint density at radius 3 is 2.69 bits per heavy atom. The van der Waals surface area contributed by atoms with Crippen molar-refractivity contribution in [2.75, 3.05) is 19.7 Å². The number of hydrogen-bond acceptors (Lipinski definition) is 3. The molecule has 0 radical (unpaired) electrons. The topological polar surface area (TPSA) is 47.3 Å². The van der Waals surface area contributed by atoms with Gasteiger partial charge in [-0.2, -0.15) is 5.26 Å². The minimum atomic E-state index is -1.51. The predicted molar refractivity (Wildman–Crippen MR) is 46.8 cm³/mol. The molecule has 0 aromatic carbocycles. The van der Waals surface area contributed by atoms with Crippen molar-refractivity contribution in [3.8, 4) is 6.07 Å². The number of halogens is 1. The van der Waals surface area contributed by atoms with Crippen LogP contribution in [0.2, 0.25) is 0 Å². The van der Waals surface area contributed by atoms with Gasteiger partial charge in [-0.3, -0.25) is 4.90 Å². The van der Waals surface area contributed by atoms with E-state index >= 15 is 0 Å². The van der Waals surface area contributed by atoms with E-state index in [1.54, 1.807) is 18.7 Å². The molecule has 0 amide bonds. The van der Waals surface area contributed by atoms with Gasteiger partial charge in [-0.05, 0) is 20.3 Å². The summed E-state index contributed by atoms with van der Waals surface area (Å²) < 4.78 is 13.6. The number of likely N-dealkylation sites (tertiary alicyclic amines) is 1. The molecule has 0 spiro atoms. The van der Waals surface area contributed by atoms with Crippen LogP contribution in [-0.4, -0.2) is 40.9 Å². The smallest absolute Gasteiger partial charge is 0.147 e. The summed E-state index contributed by atoms with van der Waals surface area (Å²) in [6, 6.07) is 2.12. The number of alkyl halides is 1. The molecule has 0 aliphatic carbocycles. The normalized spacial score (nSPS) is 30.4. The maximum atomic E-state index is 13.6. The average molecular weight is 186 g/mol. The molecule has 0 aromatic rings. The maximum absolute atomic E-state index is 13.6. The number of nitrogens with zero attached hydrogens (tertiary/aromatic N) is 2. The Morgan fingerprint density at radius 1 is 1.69 bits per heavy atom. The second-order valence-corrected chi connectivity index (χ2v) is 4.15. The van der Waals surface area contributed by atoms with E-state index in [-0.39, 0.29) is 6.54 Å². The fourth-order valence-electron chi connectivity index (χ4n) is 1.51. The largest absolute Gasteiger partial charge is 0.393 e. The fraction of sp³-hybridized carbons (Fsp3) is 0.889. The van der Waals surface area contributed by atoms with Crippen molar-refractivity contribution in [2.45, 2.75) is 31.5 Å². The third-order valence-corrected chi connectivity index (χ3v) is 2.65. The van der Waals surface area contributed by atoms with Gasteiger partial charge in [0.25, 0.3) is 0 Å². The van der Waals surface area contributed by atoms with Crippen LogP contribution in [0.3, 0.4) is 0 Å². The molecule has 0 saturated carbocycles. The number of rotatable bonds is 2. The molecular weight excluding hydrogens is 171 g/mol. The van der Waals surface area contributed by atoms with Gasteiger partial charge in [-0.1, -0.05) is 0 Å². The van der Waals surface area contributed by atoms with E-state index in [1.165, 1.54) is 0 Å². The lowest BCUT2D eigenvalue weighted by atomic mass is 10.1. The quantitative estimate of drug-likeness (QED) is 0.690. The second kappa shape index (κ2) is 3.24. The summed E-state index contributed by atoms with van der Waals surface area (Å²) in [5.74, 6) is 0. The van der Waals surface area contributed by atoms with Crippen LogP contribution in [-0.2, 0) is 0 Å². The van der Waals surface area contributed by atoms with Crippen LogP contribution in [0.25, 0.3) is 0 Å². The van der Waals surface area contributed by atoms with E-state index in [1.807, 2.05) is 0 Å². The average Bonchev–Trinajstić information content (AvgIpc) is 2.50. The highest BCUT2D eigenvalue weighted by molar-refractivity contribution is 5.06. The van der Waals surface area contributed by atoms with E-state index < -0.39 is 17.8 Å². The first-order chi connectivity index (χ1) is 5.93. The summed E-state index contributed by atoms with van der Waals surface area (Å²) in [6.07, 6.45) is 0.314. The Hall–Kier alpha value is -0.660. The highest BCUT2D eigenvalue weighted by atomic mass is 19.1. The maximum Gasteiger partial charge on any atom is 0.147 e. The summed E-state index contributed by atoms with van der Waals surface area (Å²) in [5.41, 5.74) is -2.14. The van der Waals surface area contributed by atoms with Crippen molar-refractivity contribution in [2.24, 2.45) is 0 Å². The third kappa shape index (κ3) is 1.98. The fourth-order valence-corrected chi connectivity index (χ4v) is 1.51. The van der Waals surface area contributed by atoms with Crippen LogP contribution < -0.4 is 0 Å². The Bertz CT molecular complexity index is 236. The minimum Gasteiger partial charge on any atom is -0.393 e. The standard InChI is InChI=1S/C9H15FN2O/c1-8(2,5-11)12-4-3-9(10,6-12)7-13/h13H,3-4,6-7H2,1-2H3. The van der Waals surface area contributed by atoms with Gasteiger partial charge in [0.05, 0.1) is 12.7 Å². The molecule has 1 unspecified atom stereocenters. The monoisotopic (exact) mass is 186 g/mol. The van der Waals surface area contributed by atoms with Gasteiger partial charge >= 0.3 is 0 Å². The molecule has 1 saturated heterocycles. The van der Waals surface area contributed by atoms with Gasteiger partial charge in [0.15, 0.2) is 0 Å². The molecule has 13 heavy (non-hydrogen) atoms.